The van der Waals surface area contributed by atoms with E-state index in [2.05, 4.69) is 10.6 Å². The predicted octanol–water partition coefficient (Wildman–Crippen LogP) is 3.87. The molecular weight excluding hydrogens is 408 g/mol. The third kappa shape index (κ3) is 5.19. The number of hydrogen-bond acceptors (Lipinski definition) is 5. The maximum Gasteiger partial charge on any atom is 0.225 e. The monoisotopic (exact) mass is 432 g/mol. The Morgan fingerprint density at radius 1 is 1.24 bits per heavy atom. The third-order valence-electron chi connectivity index (χ3n) is 4.76. The Morgan fingerprint density at radius 3 is 2.79 bits per heavy atom. The van der Waals surface area contributed by atoms with E-state index in [1.807, 2.05) is 25.1 Å². The zero-order valence-electron chi connectivity index (χ0n) is 16.4. The average Bonchev–Trinajstić information content (AvgIpc) is 2.87. The lowest BCUT2D eigenvalue weighted by Gasteiger charge is -2.15. The summed E-state index contributed by atoms with van der Waals surface area (Å²) >= 11 is 1.51. The largest absolute Gasteiger partial charge is 0.326 e. The third-order valence-corrected chi connectivity index (χ3v) is 7.97. The summed E-state index contributed by atoms with van der Waals surface area (Å²) in [6.45, 7) is 3.55. The molecule has 0 radical (unpaired) electrons. The number of rotatable bonds is 6. The molecule has 0 bridgehead atoms. The maximum absolute atomic E-state index is 13.0. The van der Waals surface area contributed by atoms with E-state index in [1.165, 1.54) is 30.8 Å². The van der Waals surface area contributed by atoms with Gasteiger partial charge in [0.25, 0.3) is 0 Å². The summed E-state index contributed by atoms with van der Waals surface area (Å²) in [6.07, 6.45) is 1.08. The minimum atomic E-state index is -3.72. The molecule has 0 fully saturated rings. The number of sulfone groups is 1. The van der Waals surface area contributed by atoms with E-state index in [0.29, 0.717) is 23.5 Å². The predicted molar refractivity (Wildman–Crippen MR) is 116 cm³/mol. The van der Waals surface area contributed by atoms with Crippen molar-refractivity contribution in [1.29, 1.82) is 0 Å². The van der Waals surface area contributed by atoms with Crippen molar-refractivity contribution in [3.63, 3.8) is 0 Å². The van der Waals surface area contributed by atoms with Gasteiger partial charge in [-0.2, -0.15) is 0 Å². The lowest BCUT2D eigenvalue weighted by atomic mass is 10.1. The van der Waals surface area contributed by atoms with Crippen molar-refractivity contribution in [2.24, 2.45) is 0 Å². The Kier molecular flexibility index (Phi) is 6.64. The van der Waals surface area contributed by atoms with E-state index in [0.717, 1.165) is 16.9 Å². The van der Waals surface area contributed by atoms with Crippen LogP contribution >= 0.6 is 11.8 Å². The summed E-state index contributed by atoms with van der Waals surface area (Å²) in [7, 11) is -3.72. The number of carbonyl (C=O) groups is 2. The first kappa shape index (κ1) is 21.4. The van der Waals surface area contributed by atoms with Gasteiger partial charge in [-0.15, -0.1) is 11.8 Å². The smallest absolute Gasteiger partial charge is 0.225 e. The minimum absolute atomic E-state index is 0.104. The normalized spacial score (nSPS) is 15.0. The van der Waals surface area contributed by atoms with E-state index in [1.54, 1.807) is 12.1 Å². The minimum Gasteiger partial charge on any atom is -0.326 e. The second kappa shape index (κ2) is 9.00. The molecule has 0 aliphatic carbocycles. The number of nitrogens with one attached hydrogen (secondary N) is 2. The van der Waals surface area contributed by atoms with E-state index in [9.17, 15) is 18.0 Å². The molecule has 29 heavy (non-hydrogen) atoms. The summed E-state index contributed by atoms with van der Waals surface area (Å²) in [5.41, 5.74) is 2.25. The average molecular weight is 433 g/mol. The van der Waals surface area contributed by atoms with Gasteiger partial charge in [-0.3, -0.25) is 9.59 Å². The van der Waals surface area contributed by atoms with Crippen LogP contribution in [0.15, 0.2) is 52.3 Å². The number of fused-ring (bicyclic) bond motifs is 1. The van der Waals surface area contributed by atoms with Crippen molar-refractivity contribution in [3.05, 3.63) is 48.0 Å². The van der Waals surface area contributed by atoms with Crippen molar-refractivity contribution in [2.75, 3.05) is 16.4 Å². The van der Waals surface area contributed by atoms with E-state index in [4.69, 9.17) is 0 Å². The zero-order valence-corrected chi connectivity index (χ0v) is 18.0. The standard InChI is InChI=1S/C21H24N2O4S2/c1-3-15-5-4-6-16(12-15)22-21(25)11-14(2)29(26,27)17-7-8-19-18(13-17)23-20(24)9-10-28-19/h4-8,12-14H,3,9-11H2,1-2H3,(H,22,25)(H,23,24)/t14-/m0/s1. The molecule has 6 nitrogen and oxygen atoms in total. The van der Waals surface area contributed by atoms with Crippen LogP contribution in [0.3, 0.4) is 0 Å². The first-order valence-electron chi connectivity index (χ1n) is 9.49. The maximum atomic E-state index is 13.0. The lowest BCUT2D eigenvalue weighted by molar-refractivity contribution is -0.116. The molecule has 0 unspecified atom stereocenters. The summed E-state index contributed by atoms with van der Waals surface area (Å²) in [5, 5.41) is 4.63. The van der Waals surface area contributed by atoms with Crippen LogP contribution in [0.4, 0.5) is 11.4 Å². The van der Waals surface area contributed by atoms with Gasteiger partial charge in [-0.1, -0.05) is 19.1 Å². The highest BCUT2D eigenvalue weighted by Gasteiger charge is 2.27. The fourth-order valence-corrected chi connectivity index (χ4v) is 5.37. The van der Waals surface area contributed by atoms with Gasteiger partial charge in [0.15, 0.2) is 9.84 Å². The highest BCUT2D eigenvalue weighted by Crippen LogP contribution is 2.33. The van der Waals surface area contributed by atoms with Crippen molar-refractivity contribution in [2.45, 2.75) is 48.2 Å². The molecule has 8 heteroatoms. The summed E-state index contributed by atoms with van der Waals surface area (Å²) in [5.74, 6) is 0.168. The van der Waals surface area contributed by atoms with Crippen molar-refractivity contribution < 1.29 is 18.0 Å². The Bertz CT molecular complexity index is 1030. The van der Waals surface area contributed by atoms with Crippen LogP contribution in [0.2, 0.25) is 0 Å². The van der Waals surface area contributed by atoms with Crippen molar-refractivity contribution in [3.8, 4) is 0 Å². The summed E-state index contributed by atoms with van der Waals surface area (Å²) in [6, 6.07) is 12.2. The second-order valence-corrected chi connectivity index (χ2v) is 10.5. The Balaban J connectivity index is 1.73. The van der Waals surface area contributed by atoms with Crippen LogP contribution in [0.1, 0.15) is 32.3 Å². The van der Waals surface area contributed by atoms with E-state index < -0.39 is 15.1 Å². The molecule has 2 N–H and O–H groups in total. The van der Waals surface area contributed by atoms with Crippen molar-refractivity contribution in [1.82, 2.24) is 0 Å². The first-order chi connectivity index (χ1) is 13.8. The topological polar surface area (TPSA) is 92.3 Å². The van der Waals surface area contributed by atoms with Crippen LogP contribution in [-0.2, 0) is 25.8 Å². The quantitative estimate of drug-likeness (QED) is 0.723. The van der Waals surface area contributed by atoms with Gasteiger partial charge in [0.1, 0.15) is 0 Å². The lowest BCUT2D eigenvalue weighted by Crippen LogP contribution is -2.25. The van der Waals surface area contributed by atoms with Gasteiger partial charge >= 0.3 is 0 Å². The molecule has 0 saturated carbocycles. The second-order valence-electron chi connectivity index (χ2n) is 6.97. The molecule has 0 spiro atoms. The van der Waals surface area contributed by atoms with E-state index in [-0.39, 0.29) is 23.1 Å². The molecule has 1 aliphatic rings. The number of hydrogen-bond donors (Lipinski definition) is 2. The molecule has 154 valence electrons. The fraction of sp³-hybridized carbons (Fsp3) is 0.333. The molecule has 1 atom stereocenters. The number of amides is 2. The molecule has 1 aliphatic heterocycles. The van der Waals surface area contributed by atoms with Crippen LogP contribution in [0.5, 0.6) is 0 Å². The molecule has 3 rings (SSSR count). The molecule has 1 heterocycles. The number of anilines is 2. The van der Waals surface area contributed by atoms with E-state index >= 15 is 0 Å². The number of benzene rings is 2. The van der Waals surface area contributed by atoms with Crippen LogP contribution in [0, 0.1) is 0 Å². The molecule has 2 amide bonds. The molecule has 2 aromatic carbocycles. The molecular formula is C21H24N2O4S2. The molecule has 0 saturated heterocycles. The van der Waals surface area contributed by atoms with Gasteiger partial charge in [-0.05, 0) is 49.2 Å². The van der Waals surface area contributed by atoms with Gasteiger partial charge in [0.2, 0.25) is 11.8 Å². The summed E-state index contributed by atoms with van der Waals surface area (Å²) in [4.78, 5) is 25.1. The number of carbonyl (C=O) groups excluding carboxylic acids is 2. The fourth-order valence-electron chi connectivity index (χ4n) is 3.06. The number of aryl methyl sites for hydroxylation is 1. The highest BCUT2D eigenvalue weighted by molar-refractivity contribution is 7.99. The van der Waals surface area contributed by atoms with Crippen LogP contribution < -0.4 is 10.6 Å². The van der Waals surface area contributed by atoms with Crippen molar-refractivity contribution >= 4 is 44.8 Å². The highest BCUT2D eigenvalue weighted by atomic mass is 32.2. The molecule has 0 aromatic heterocycles. The number of thioether (sulfide) groups is 1. The van der Waals surface area contributed by atoms with Crippen LogP contribution in [0.25, 0.3) is 0 Å². The van der Waals surface area contributed by atoms with Gasteiger partial charge in [0.05, 0.1) is 15.8 Å². The van der Waals surface area contributed by atoms with Crippen LogP contribution in [-0.4, -0.2) is 31.2 Å². The summed E-state index contributed by atoms with van der Waals surface area (Å²) < 4.78 is 25.9. The first-order valence-corrected chi connectivity index (χ1v) is 12.0. The Labute approximate surface area is 175 Å². The SMILES string of the molecule is CCc1cccc(NC(=O)C[C@H](C)S(=O)(=O)c2ccc3c(c2)NC(=O)CCS3)c1. The van der Waals surface area contributed by atoms with Gasteiger partial charge < -0.3 is 10.6 Å². The van der Waals surface area contributed by atoms with Gasteiger partial charge in [-0.25, -0.2) is 8.42 Å². The molecule has 2 aromatic rings. The zero-order chi connectivity index (χ0) is 21.0. The van der Waals surface area contributed by atoms with Gasteiger partial charge in [0, 0.05) is 29.2 Å². The Morgan fingerprint density at radius 2 is 2.03 bits per heavy atom. The Hall–Kier alpha value is -2.32.